The second-order valence-electron chi connectivity index (χ2n) is 7.45. The van der Waals surface area contributed by atoms with Crippen LogP contribution in [-0.4, -0.2) is 18.6 Å². The van der Waals surface area contributed by atoms with Crippen molar-refractivity contribution < 1.29 is 19.1 Å². The number of ether oxygens (including phenoxy) is 2. The summed E-state index contributed by atoms with van der Waals surface area (Å²) in [4.78, 5) is 25.2. The van der Waals surface area contributed by atoms with E-state index in [-0.39, 0.29) is 18.6 Å². The van der Waals surface area contributed by atoms with Gasteiger partial charge >= 0.3 is 0 Å². The molecule has 0 aliphatic carbocycles. The second kappa shape index (κ2) is 9.34. The van der Waals surface area contributed by atoms with Crippen LogP contribution >= 0.6 is 0 Å². The predicted molar refractivity (Wildman–Crippen MR) is 118 cm³/mol. The van der Waals surface area contributed by atoms with E-state index in [9.17, 15) is 9.59 Å². The minimum Gasteiger partial charge on any atom is -0.454 e. The number of para-hydroxylation sites is 1. The molecule has 31 heavy (non-hydrogen) atoms. The fourth-order valence-corrected chi connectivity index (χ4v) is 3.34. The van der Waals surface area contributed by atoms with E-state index in [0.717, 1.165) is 16.9 Å². The lowest BCUT2D eigenvalue weighted by atomic mass is 10.1. The first kappa shape index (κ1) is 20.5. The minimum atomic E-state index is -0.229. The highest BCUT2D eigenvalue weighted by molar-refractivity contribution is 6.03. The molecular weight excluding hydrogens is 392 g/mol. The third-order valence-corrected chi connectivity index (χ3v) is 5.10. The van der Waals surface area contributed by atoms with Crippen LogP contribution in [0.3, 0.4) is 0 Å². The molecule has 4 rings (SSSR count). The molecule has 0 spiro atoms. The Balaban J connectivity index is 1.34. The van der Waals surface area contributed by atoms with Gasteiger partial charge in [0.15, 0.2) is 11.5 Å². The van der Waals surface area contributed by atoms with Gasteiger partial charge in [0.25, 0.3) is 5.91 Å². The molecule has 2 amide bonds. The molecule has 3 aromatic rings. The second-order valence-corrected chi connectivity index (χ2v) is 7.45. The van der Waals surface area contributed by atoms with Crippen molar-refractivity contribution in [2.45, 2.75) is 26.3 Å². The van der Waals surface area contributed by atoms with E-state index >= 15 is 0 Å². The van der Waals surface area contributed by atoms with Gasteiger partial charge in [0.1, 0.15) is 0 Å². The van der Waals surface area contributed by atoms with Gasteiger partial charge < -0.3 is 20.1 Å². The van der Waals surface area contributed by atoms with Crippen molar-refractivity contribution in [1.82, 2.24) is 5.32 Å². The molecule has 1 heterocycles. The Bertz CT molecular complexity index is 1090. The van der Waals surface area contributed by atoms with Crippen LogP contribution in [0.25, 0.3) is 0 Å². The number of nitrogens with one attached hydrogen (secondary N) is 2. The lowest BCUT2D eigenvalue weighted by Crippen LogP contribution is -2.25. The molecule has 1 aliphatic heterocycles. The first-order chi connectivity index (χ1) is 15.1. The molecule has 0 aromatic heterocycles. The molecule has 2 N–H and O–H groups in total. The first-order valence-electron chi connectivity index (χ1n) is 10.2. The van der Waals surface area contributed by atoms with Gasteiger partial charge in [0, 0.05) is 13.0 Å². The zero-order valence-electron chi connectivity index (χ0n) is 17.3. The highest BCUT2D eigenvalue weighted by atomic mass is 16.7. The molecule has 6 heteroatoms. The number of amides is 2. The van der Waals surface area contributed by atoms with Gasteiger partial charge in [-0.1, -0.05) is 48.0 Å². The SMILES string of the molecule is Cc1ccc(CNC(=O)c2ccccc2NC(=O)CCc2ccc3c(c2)OCO3)cc1. The molecule has 0 unspecified atom stereocenters. The highest BCUT2D eigenvalue weighted by Crippen LogP contribution is 2.32. The average molecular weight is 416 g/mol. The maximum absolute atomic E-state index is 12.7. The van der Waals surface area contributed by atoms with Crippen molar-refractivity contribution in [3.8, 4) is 11.5 Å². The van der Waals surface area contributed by atoms with Crippen molar-refractivity contribution in [1.29, 1.82) is 0 Å². The smallest absolute Gasteiger partial charge is 0.253 e. The van der Waals surface area contributed by atoms with Gasteiger partial charge in [-0.15, -0.1) is 0 Å². The Kier molecular flexibility index (Phi) is 6.17. The Hall–Kier alpha value is -3.80. The number of aryl methyl sites for hydroxylation is 2. The molecule has 0 bridgehead atoms. The van der Waals surface area contributed by atoms with Gasteiger partial charge in [0.2, 0.25) is 12.7 Å². The standard InChI is InChI=1S/C25H24N2O4/c1-17-6-8-19(9-7-17)15-26-25(29)20-4-2-3-5-21(20)27-24(28)13-11-18-10-12-22-23(14-18)31-16-30-22/h2-10,12,14H,11,13,15-16H2,1H3,(H,26,29)(H,27,28). The normalized spacial score (nSPS) is 11.8. The largest absolute Gasteiger partial charge is 0.454 e. The van der Waals surface area contributed by atoms with Gasteiger partial charge in [-0.25, -0.2) is 0 Å². The van der Waals surface area contributed by atoms with Crippen LogP contribution in [-0.2, 0) is 17.8 Å². The number of hydrogen-bond donors (Lipinski definition) is 2. The lowest BCUT2D eigenvalue weighted by Gasteiger charge is -2.12. The van der Waals surface area contributed by atoms with E-state index in [1.807, 2.05) is 49.4 Å². The zero-order chi connectivity index (χ0) is 21.6. The molecular formula is C25H24N2O4. The third-order valence-electron chi connectivity index (χ3n) is 5.10. The fraction of sp³-hybridized carbons (Fsp3) is 0.200. The number of anilines is 1. The predicted octanol–water partition coefficient (Wildman–Crippen LogP) is 4.23. The minimum absolute atomic E-state index is 0.156. The van der Waals surface area contributed by atoms with E-state index < -0.39 is 0 Å². The molecule has 1 aliphatic rings. The zero-order valence-corrected chi connectivity index (χ0v) is 17.3. The van der Waals surface area contributed by atoms with Crippen LogP contribution in [0.5, 0.6) is 11.5 Å². The molecule has 0 fully saturated rings. The number of carbonyl (C=O) groups excluding carboxylic acids is 2. The topological polar surface area (TPSA) is 76.7 Å². The van der Waals surface area contributed by atoms with Gasteiger partial charge in [-0.3, -0.25) is 9.59 Å². The third kappa shape index (κ3) is 5.22. The molecule has 6 nitrogen and oxygen atoms in total. The van der Waals surface area contributed by atoms with Crippen molar-refractivity contribution in [3.05, 3.63) is 89.0 Å². The number of hydrogen-bond acceptors (Lipinski definition) is 4. The van der Waals surface area contributed by atoms with Crippen molar-refractivity contribution in [2.24, 2.45) is 0 Å². The van der Waals surface area contributed by atoms with Crippen LogP contribution in [0, 0.1) is 6.92 Å². The number of fused-ring (bicyclic) bond motifs is 1. The maximum Gasteiger partial charge on any atom is 0.253 e. The molecule has 0 atom stereocenters. The van der Waals surface area contributed by atoms with Gasteiger partial charge in [0.05, 0.1) is 11.3 Å². The van der Waals surface area contributed by atoms with Crippen LogP contribution in [0.4, 0.5) is 5.69 Å². The maximum atomic E-state index is 12.7. The molecule has 0 saturated heterocycles. The summed E-state index contributed by atoms with van der Waals surface area (Å²) in [5.41, 5.74) is 4.11. The van der Waals surface area contributed by atoms with E-state index in [1.54, 1.807) is 24.3 Å². The Morgan fingerprint density at radius 3 is 2.48 bits per heavy atom. The molecule has 0 saturated carbocycles. The van der Waals surface area contributed by atoms with Gasteiger partial charge in [-0.05, 0) is 48.7 Å². The summed E-state index contributed by atoms with van der Waals surface area (Å²) in [5, 5.41) is 5.78. The summed E-state index contributed by atoms with van der Waals surface area (Å²) < 4.78 is 10.7. The fourth-order valence-electron chi connectivity index (χ4n) is 3.34. The summed E-state index contributed by atoms with van der Waals surface area (Å²) in [6.07, 6.45) is 0.850. The summed E-state index contributed by atoms with van der Waals surface area (Å²) >= 11 is 0. The van der Waals surface area contributed by atoms with Crippen LogP contribution < -0.4 is 20.1 Å². The van der Waals surface area contributed by atoms with Crippen LogP contribution in [0.15, 0.2) is 66.7 Å². The lowest BCUT2D eigenvalue weighted by molar-refractivity contribution is -0.116. The highest BCUT2D eigenvalue weighted by Gasteiger charge is 2.15. The quantitative estimate of drug-likeness (QED) is 0.605. The van der Waals surface area contributed by atoms with Crippen molar-refractivity contribution >= 4 is 17.5 Å². The van der Waals surface area contributed by atoms with E-state index in [1.165, 1.54) is 5.56 Å². The Morgan fingerprint density at radius 1 is 0.903 bits per heavy atom. The van der Waals surface area contributed by atoms with Crippen LogP contribution in [0.1, 0.15) is 33.5 Å². The summed E-state index contributed by atoms with van der Waals surface area (Å²) in [7, 11) is 0. The van der Waals surface area contributed by atoms with Gasteiger partial charge in [-0.2, -0.15) is 0 Å². The Labute approximate surface area is 181 Å². The van der Waals surface area contributed by atoms with E-state index in [2.05, 4.69) is 10.6 Å². The van der Waals surface area contributed by atoms with E-state index in [4.69, 9.17) is 9.47 Å². The average Bonchev–Trinajstić information content (AvgIpc) is 3.25. The van der Waals surface area contributed by atoms with E-state index in [0.29, 0.717) is 36.4 Å². The molecule has 158 valence electrons. The number of carbonyl (C=O) groups is 2. The van der Waals surface area contributed by atoms with Crippen molar-refractivity contribution in [3.63, 3.8) is 0 Å². The number of benzene rings is 3. The monoisotopic (exact) mass is 416 g/mol. The van der Waals surface area contributed by atoms with Crippen LogP contribution in [0.2, 0.25) is 0 Å². The summed E-state index contributed by atoms with van der Waals surface area (Å²) in [5.74, 6) is 1.04. The molecule has 0 radical (unpaired) electrons. The number of rotatable bonds is 7. The van der Waals surface area contributed by atoms with Crippen molar-refractivity contribution in [2.75, 3.05) is 12.1 Å². The summed E-state index contributed by atoms with van der Waals surface area (Å²) in [6.45, 7) is 2.67. The Morgan fingerprint density at radius 2 is 1.65 bits per heavy atom. The molecule has 3 aromatic carbocycles. The summed E-state index contributed by atoms with van der Waals surface area (Å²) in [6, 6.07) is 20.7. The first-order valence-corrected chi connectivity index (χ1v) is 10.2.